The van der Waals surface area contributed by atoms with E-state index in [4.69, 9.17) is 0 Å². The Morgan fingerprint density at radius 1 is 1.25 bits per heavy atom. The van der Waals surface area contributed by atoms with Crippen LogP contribution in [0.15, 0.2) is 0 Å². The van der Waals surface area contributed by atoms with E-state index in [1.807, 2.05) is 5.92 Å². The van der Waals surface area contributed by atoms with E-state index in [-0.39, 0.29) is 32.7 Å². The Kier molecular flexibility index (Phi) is 2.52. The first-order chi connectivity index (χ1) is 3.47. The Labute approximate surface area is 76.3 Å². The van der Waals surface area contributed by atoms with Crippen molar-refractivity contribution in [2.75, 3.05) is 0 Å². The maximum atomic E-state index is 1.88. The Bertz CT molecular complexity index is 70.5. The standard InChI is InChI=1S/C7H11.Y/c1-2-4-7-5-6(7)3-1;/h6H,1-5H2;/q-1;. The molecule has 8 heavy (non-hydrogen) atoms. The van der Waals surface area contributed by atoms with Crippen molar-refractivity contribution >= 4 is 0 Å². The maximum absolute atomic E-state index is 1.88. The number of rotatable bonds is 0. The van der Waals surface area contributed by atoms with Crippen LogP contribution in [-0.2, 0) is 32.7 Å². The van der Waals surface area contributed by atoms with Crippen LogP contribution >= 0.6 is 0 Å². The molecule has 1 heteroatoms. The Morgan fingerprint density at radius 3 is 2.62 bits per heavy atom. The van der Waals surface area contributed by atoms with Crippen molar-refractivity contribution in [3.8, 4) is 0 Å². The fourth-order valence-electron chi connectivity index (χ4n) is 1.61. The van der Waals surface area contributed by atoms with Crippen LogP contribution in [0.4, 0.5) is 0 Å². The Morgan fingerprint density at radius 2 is 2.12 bits per heavy atom. The molecule has 1 unspecified atom stereocenters. The van der Waals surface area contributed by atoms with Gasteiger partial charge in [0.2, 0.25) is 0 Å². The van der Waals surface area contributed by atoms with E-state index in [2.05, 4.69) is 0 Å². The van der Waals surface area contributed by atoms with Gasteiger partial charge in [-0.1, -0.05) is 19.3 Å². The predicted molar refractivity (Wildman–Crippen MR) is 29.8 cm³/mol. The van der Waals surface area contributed by atoms with E-state index in [9.17, 15) is 0 Å². The second-order valence-electron chi connectivity index (χ2n) is 2.81. The minimum atomic E-state index is 0. The van der Waals surface area contributed by atoms with Gasteiger partial charge in [-0.15, -0.1) is 0 Å². The van der Waals surface area contributed by atoms with Gasteiger partial charge in [-0.05, 0) is 0 Å². The van der Waals surface area contributed by atoms with E-state index >= 15 is 0 Å². The molecule has 0 bridgehead atoms. The summed E-state index contributed by atoms with van der Waals surface area (Å²) in [5, 5.41) is 0. The third kappa shape index (κ3) is 1.33. The van der Waals surface area contributed by atoms with Crippen LogP contribution < -0.4 is 0 Å². The van der Waals surface area contributed by atoms with Gasteiger partial charge in [0.25, 0.3) is 0 Å². The van der Waals surface area contributed by atoms with Crippen molar-refractivity contribution in [2.45, 2.75) is 32.1 Å². The van der Waals surface area contributed by atoms with Crippen LogP contribution in [0.5, 0.6) is 0 Å². The minimum Gasteiger partial charge on any atom is -0.315 e. The molecule has 0 aromatic carbocycles. The molecule has 2 saturated carbocycles. The van der Waals surface area contributed by atoms with Gasteiger partial charge in [-0.25, -0.2) is 6.42 Å². The molecule has 2 aliphatic rings. The summed E-state index contributed by atoms with van der Waals surface area (Å²) in [7, 11) is 0. The smallest absolute Gasteiger partial charge is 0 e. The summed E-state index contributed by atoms with van der Waals surface area (Å²) < 4.78 is 0. The molecule has 2 fully saturated rings. The number of hydrogen-bond donors (Lipinski definition) is 0. The number of hydrogen-bond acceptors (Lipinski definition) is 0. The molecule has 1 radical (unpaired) electrons. The molecule has 0 aliphatic heterocycles. The fraction of sp³-hybridized carbons (Fsp3) is 0.857. The predicted octanol–water partition coefficient (Wildman–Crippen LogP) is 2.15. The quantitative estimate of drug-likeness (QED) is 0.506. The third-order valence-electron chi connectivity index (χ3n) is 2.23. The van der Waals surface area contributed by atoms with Gasteiger partial charge >= 0.3 is 0 Å². The minimum absolute atomic E-state index is 0. The van der Waals surface area contributed by atoms with Crippen molar-refractivity contribution < 1.29 is 32.7 Å². The van der Waals surface area contributed by atoms with Crippen molar-refractivity contribution in [2.24, 2.45) is 5.92 Å². The summed E-state index contributed by atoms with van der Waals surface area (Å²) in [4.78, 5) is 0. The van der Waals surface area contributed by atoms with Gasteiger partial charge in [0.05, 0.1) is 0 Å². The average molecular weight is 184 g/mol. The Balaban J connectivity index is 0.000000320. The van der Waals surface area contributed by atoms with Gasteiger partial charge in [0.15, 0.2) is 0 Å². The summed E-state index contributed by atoms with van der Waals surface area (Å²) in [5.41, 5.74) is 0. The van der Waals surface area contributed by atoms with Crippen molar-refractivity contribution in [3.63, 3.8) is 0 Å². The molecule has 43 valence electrons. The Hall–Kier alpha value is 1.10. The topological polar surface area (TPSA) is 0 Å². The largest absolute Gasteiger partial charge is 0.315 e. The average Bonchev–Trinajstić information content (AvgIpc) is 2.41. The SMILES string of the molecule is C1CCC2C[C-]2C1.[Y]. The molecule has 1 atom stereocenters. The van der Waals surface area contributed by atoms with Crippen LogP contribution in [0, 0.1) is 11.8 Å². The molecule has 0 saturated heterocycles. The summed E-state index contributed by atoms with van der Waals surface area (Å²) in [6.45, 7) is 0. The molecule has 0 heterocycles. The monoisotopic (exact) mass is 184 g/mol. The summed E-state index contributed by atoms with van der Waals surface area (Å²) >= 11 is 0. The maximum Gasteiger partial charge on any atom is 0 e. The van der Waals surface area contributed by atoms with Crippen LogP contribution in [0.25, 0.3) is 0 Å². The van der Waals surface area contributed by atoms with Gasteiger partial charge in [0.1, 0.15) is 0 Å². The second kappa shape index (κ2) is 2.79. The first kappa shape index (κ1) is 7.21. The van der Waals surface area contributed by atoms with Crippen LogP contribution in [0.1, 0.15) is 32.1 Å². The molecule has 2 aliphatic carbocycles. The van der Waals surface area contributed by atoms with Gasteiger partial charge in [-0.2, -0.15) is 12.3 Å². The molecule has 2 rings (SSSR count). The fourth-order valence-corrected chi connectivity index (χ4v) is 1.61. The molecule has 0 spiro atoms. The molecule has 0 aromatic heterocycles. The second-order valence-corrected chi connectivity index (χ2v) is 2.81. The van der Waals surface area contributed by atoms with Crippen LogP contribution in [-0.4, -0.2) is 0 Å². The molecular weight excluding hydrogens is 173 g/mol. The van der Waals surface area contributed by atoms with E-state index in [1.54, 1.807) is 0 Å². The van der Waals surface area contributed by atoms with Crippen molar-refractivity contribution in [1.29, 1.82) is 0 Å². The summed E-state index contributed by atoms with van der Waals surface area (Å²) in [5.74, 6) is 3.00. The van der Waals surface area contributed by atoms with Gasteiger partial charge in [0, 0.05) is 32.7 Å². The molecule has 0 amide bonds. The third-order valence-corrected chi connectivity index (χ3v) is 2.23. The molecule has 0 N–H and O–H groups in total. The van der Waals surface area contributed by atoms with Crippen molar-refractivity contribution in [3.05, 3.63) is 5.92 Å². The molecule has 0 aromatic rings. The molecular formula is C7H11Y-. The van der Waals surface area contributed by atoms with Crippen molar-refractivity contribution in [1.82, 2.24) is 0 Å². The zero-order valence-corrected chi connectivity index (χ0v) is 8.03. The zero-order chi connectivity index (χ0) is 4.69. The van der Waals surface area contributed by atoms with E-state index in [1.165, 1.54) is 32.1 Å². The summed E-state index contributed by atoms with van der Waals surface area (Å²) in [6, 6.07) is 0. The normalized spacial score (nSPS) is 35.2. The summed E-state index contributed by atoms with van der Waals surface area (Å²) in [6.07, 6.45) is 7.50. The van der Waals surface area contributed by atoms with Crippen LogP contribution in [0.2, 0.25) is 0 Å². The van der Waals surface area contributed by atoms with Crippen LogP contribution in [0.3, 0.4) is 0 Å². The first-order valence-corrected chi connectivity index (χ1v) is 3.31. The van der Waals surface area contributed by atoms with E-state index < -0.39 is 0 Å². The first-order valence-electron chi connectivity index (χ1n) is 3.31. The molecule has 0 nitrogen and oxygen atoms in total. The van der Waals surface area contributed by atoms with Gasteiger partial charge in [-0.3, -0.25) is 0 Å². The number of fused-ring (bicyclic) bond motifs is 1. The zero-order valence-electron chi connectivity index (χ0n) is 5.19. The van der Waals surface area contributed by atoms with E-state index in [0.717, 1.165) is 5.92 Å². The van der Waals surface area contributed by atoms with Gasteiger partial charge < -0.3 is 5.92 Å². The van der Waals surface area contributed by atoms with E-state index in [0.29, 0.717) is 0 Å².